The predicted octanol–water partition coefficient (Wildman–Crippen LogP) is 1.20. The molecule has 1 aliphatic rings. The van der Waals surface area contributed by atoms with Crippen molar-refractivity contribution in [3.05, 3.63) is 16.9 Å². The molecule has 0 unspecified atom stereocenters. The van der Waals surface area contributed by atoms with Crippen molar-refractivity contribution >= 4 is 21.8 Å². The minimum atomic E-state index is 0.234. The first kappa shape index (κ1) is 13.5. The van der Waals surface area contributed by atoms with E-state index in [0.29, 0.717) is 13.0 Å². The Hall–Kier alpha value is -0.880. The SMILES string of the molecule is CCN1CCN(C(=O)CCn2cc(Br)cn2)CC1. The molecular weight excluding hydrogens is 296 g/mol. The molecule has 0 saturated carbocycles. The van der Waals surface area contributed by atoms with Crippen molar-refractivity contribution in [3.8, 4) is 0 Å². The number of likely N-dealkylation sites (N-methyl/N-ethyl adjacent to an activating group) is 1. The van der Waals surface area contributed by atoms with Gasteiger partial charge in [-0.1, -0.05) is 6.92 Å². The van der Waals surface area contributed by atoms with Crippen LogP contribution in [0.4, 0.5) is 0 Å². The van der Waals surface area contributed by atoms with Crippen molar-refractivity contribution in [3.63, 3.8) is 0 Å². The van der Waals surface area contributed by atoms with Crippen LogP contribution in [0.2, 0.25) is 0 Å². The Bertz CT molecular complexity index is 399. The van der Waals surface area contributed by atoms with Gasteiger partial charge in [0.1, 0.15) is 0 Å². The molecule has 1 aromatic heterocycles. The third-order valence-electron chi connectivity index (χ3n) is 3.33. The molecule has 0 aromatic carbocycles. The monoisotopic (exact) mass is 314 g/mol. The van der Waals surface area contributed by atoms with Crippen LogP contribution in [-0.4, -0.2) is 58.2 Å². The van der Waals surface area contributed by atoms with E-state index in [1.54, 1.807) is 10.9 Å². The van der Waals surface area contributed by atoms with Gasteiger partial charge in [-0.3, -0.25) is 9.48 Å². The lowest BCUT2D eigenvalue weighted by molar-refractivity contribution is -0.133. The lowest BCUT2D eigenvalue weighted by atomic mass is 10.3. The van der Waals surface area contributed by atoms with Gasteiger partial charge >= 0.3 is 0 Å². The summed E-state index contributed by atoms with van der Waals surface area (Å²) in [6, 6.07) is 0. The van der Waals surface area contributed by atoms with Crippen LogP contribution in [-0.2, 0) is 11.3 Å². The van der Waals surface area contributed by atoms with Crippen molar-refractivity contribution in [2.45, 2.75) is 19.9 Å². The number of hydrogen-bond donors (Lipinski definition) is 0. The second-order valence-corrected chi connectivity index (χ2v) is 5.40. The molecule has 0 spiro atoms. The van der Waals surface area contributed by atoms with Crippen molar-refractivity contribution in [1.29, 1.82) is 0 Å². The van der Waals surface area contributed by atoms with Crippen molar-refractivity contribution < 1.29 is 4.79 Å². The number of halogens is 1. The molecule has 5 nitrogen and oxygen atoms in total. The normalized spacial score (nSPS) is 17.1. The standard InChI is InChI=1S/C12H19BrN4O/c1-2-15-5-7-16(8-6-15)12(18)3-4-17-10-11(13)9-14-17/h9-10H,2-8H2,1H3. The fourth-order valence-electron chi connectivity index (χ4n) is 2.14. The number of carbonyl (C=O) groups excluding carboxylic acids is 1. The molecule has 0 bridgehead atoms. The average Bonchev–Trinajstić information content (AvgIpc) is 2.82. The summed E-state index contributed by atoms with van der Waals surface area (Å²) >= 11 is 3.35. The molecule has 18 heavy (non-hydrogen) atoms. The van der Waals surface area contributed by atoms with E-state index in [0.717, 1.165) is 37.2 Å². The van der Waals surface area contributed by atoms with Gasteiger partial charge in [0, 0.05) is 45.3 Å². The molecule has 2 heterocycles. The Kier molecular flexibility index (Phi) is 4.77. The first-order chi connectivity index (χ1) is 8.69. The van der Waals surface area contributed by atoms with Crippen molar-refractivity contribution in [1.82, 2.24) is 19.6 Å². The minimum absolute atomic E-state index is 0.234. The molecule has 6 heteroatoms. The van der Waals surface area contributed by atoms with Crippen LogP contribution >= 0.6 is 15.9 Å². The highest BCUT2D eigenvalue weighted by atomic mass is 79.9. The molecule has 1 aliphatic heterocycles. The van der Waals surface area contributed by atoms with E-state index in [1.807, 2.05) is 11.1 Å². The Morgan fingerprint density at radius 3 is 2.67 bits per heavy atom. The van der Waals surface area contributed by atoms with E-state index in [2.05, 4.69) is 32.9 Å². The van der Waals surface area contributed by atoms with E-state index in [4.69, 9.17) is 0 Å². The lowest BCUT2D eigenvalue weighted by Gasteiger charge is -2.34. The maximum atomic E-state index is 12.0. The topological polar surface area (TPSA) is 41.4 Å². The Morgan fingerprint density at radius 2 is 2.11 bits per heavy atom. The Labute approximate surface area is 116 Å². The Balaban J connectivity index is 1.75. The maximum Gasteiger partial charge on any atom is 0.224 e. The van der Waals surface area contributed by atoms with Gasteiger partial charge in [0.2, 0.25) is 5.91 Å². The van der Waals surface area contributed by atoms with Crippen LogP contribution in [0.5, 0.6) is 0 Å². The second kappa shape index (κ2) is 6.33. The van der Waals surface area contributed by atoms with Crippen molar-refractivity contribution in [2.75, 3.05) is 32.7 Å². The minimum Gasteiger partial charge on any atom is -0.340 e. The average molecular weight is 315 g/mol. The molecule has 1 aromatic rings. The van der Waals surface area contributed by atoms with Crippen LogP contribution < -0.4 is 0 Å². The summed E-state index contributed by atoms with van der Waals surface area (Å²) in [7, 11) is 0. The maximum absolute atomic E-state index is 12.0. The zero-order valence-corrected chi connectivity index (χ0v) is 12.3. The lowest BCUT2D eigenvalue weighted by Crippen LogP contribution is -2.48. The fourth-order valence-corrected chi connectivity index (χ4v) is 2.47. The van der Waals surface area contributed by atoms with Gasteiger partial charge in [-0.2, -0.15) is 5.10 Å². The van der Waals surface area contributed by atoms with E-state index in [1.165, 1.54) is 0 Å². The zero-order valence-electron chi connectivity index (χ0n) is 10.7. The van der Waals surface area contributed by atoms with Gasteiger partial charge in [0.05, 0.1) is 10.7 Å². The first-order valence-corrected chi connectivity index (χ1v) is 7.16. The molecule has 2 rings (SSSR count). The quantitative estimate of drug-likeness (QED) is 0.838. The fraction of sp³-hybridized carbons (Fsp3) is 0.667. The van der Waals surface area contributed by atoms with E-state index in [9.17, 15) is 4.79 Å². The third kappa shape index (κ3) is 3.55. The van der Waals surface area contributed by atoms with Gasteiger partial charge in [-0.05, 0) is 22.5 Å². The number of aryl methyl sites for hydroxylation is 1. The molecule has 1 amide bonds. The van der Waals surface area contributed by atoms with E-state index >= 15 is 0 Å². The highest BCUT2D eigenvalue weighted by molar-refractivity contribution is 9.10. The van der Waals surface area contributed by atoms with Crippen molar-refractivity contribution in [2.24, 2.45) is 0 Å². The molecule has 0 atom stereocenters. The zero-order chi connectivity index (χ0) is 13.0. The number of hydrogen-bond acceptors (Lipinski definition) is 3. The number of amides is 1. The molecule has 1 fully saturated rings. The summed E-state index contributed by atoms with van der Waals surface area (Å²) < 4.78 is 2.75. The van der Waals surface area contributed by atoms with Gasteiger partial charge in [0.25, 0.3) is 0 Å². The molecule has 1 saturated heterocycles. The van der Waals surface area contributed by atoms with Gasteiger partial charge in [-0.15, -0.1) is 0 Å². The predicted molar refractivity (Wildman–Crippen MR) is 73.2 cm³/mol. The number of nitrogens with zero attached hydrogens (tertiary/aromatic N) is 4. The molecule has 0 radical (unpaired) electrons. The number of rotatable bonds is 4. The van der Waals surface area contributed by atoms with Crippen LogP contribution in [0.1, 0.15) is 13.3 Å². The highest BCUT2D eigenvalue weighted by Crippen LogP contribution is 2.08. The molecular formula is C12H19BrN4O. The smallest absolute Gasteiger partial charge is 0.224 e. The molecule has 0 aliphatic carbocycles. The van der Waals surface area contributed by atoms with Gasteiger partial charge < -0.3 is 9.80 Å². The Morgan fingerprint density at radius 1 is 1.39 bits per heavy atom. The summed E-state index contributed by atoms with van der Waals surface area (Å²) in [6.45, 7) is 7.59. The van der Waals surface area contributed by atoms with E-state index < -0.39 is 0 Å². The largest absolute Gasteiger partial charge is 0.340 e. The van der Waals surface area contributed by atoms with E-state index in [-0.39, 0.29) is 5.91 Å². The molecule has 0 N–H and O–H groups in total. The van der Waals surface area contributed by atoms with Crippen LogP contribution in [0.15, 0.2) is 16.9 Å². The first-order valence-electron chi connectivity index (χ1n) is 6.37. The summed E-state index contributed by atoms with van der Waals surface area (Å²) in [5.41, 5.74) is 0. The number of piperazine rings is 1. The highest BCUT2D eigenvalue weighted by Gasteiger charge is 2.19. The van der Waals surface area contributed by atoms with Gasteiger partial charge in [-0.25, -0.2) is 0 Å². The van der Waals surface area contributed by atoms with Crippen LogP contribution in [0.3, 0.4) is 0 Å². The van der Waals surface area contributed by atoms with Crippen LogP contribution in [0, 0.1) is 0 Å². The second-order valence-electron chi connectivity index (χ2n) is 4.49. The summed E-state index contributed by atoms with van der Waals surface area (Å²) in [5, 5.41) is 4.15. The number of carbonyl (C=O) groups is 1. The third-order valence-corrected chi connectivity index (χ3v) is 3.74. The van der Waals surface area contributed by atoms with Crippen LogP contribution in [0.25, 0.3) is 0 Å². The summed E-state index contributed by atoms with van der Waals surface area (Å²) in [5.74, 6) is 0.234. The summed E-state index contributed by atoms with van der Waals surface area (Å²) in [6.07, 6.45) is 4.16. The number of aromatic nitrogens is 2. The molecule has 100 valence electrons. The summed E-state index contributed by atoms with van der Waals surface area (Å²) in [4.78, 5) is 16.4. The van der Waals surface area contributed by atoms with Gasteiger partial charge in [0.15, 0.2) is 0 Å².